The Balaban J connectivity index is 1.48. The number of hydrogen-bond donors (Lipinski definition) is 1. The second kappa shape index (κ2) is 8.21. The minimum Gasteiger partial charge on any atom is -0.369 e. The number of piperazine rings is 1. The molecule has 2 fully saturated rings. The van der Waals surface area contributed by atoms with Crippen LogP contribution in [-0.4, -0.2) is 49.1 Å². The first-order valence-corrected chi connectivity index (χ1v) is 9.56. The van der Waals surface area contributed by atoms with Crippen LogP contribution < -0.4 is 10.2 Å². The number of benzene rings is 1. The van der Waals surface area contributed by atoms with Gasteiger partial charge in [0.2, 0.25) is 5.91 Å². The molecule has 2 aliphatic rings. The van der Waals surface area contributed by atoms with Gasteiger partial charge in [0.05, 0.1) is 6.04 Å². The van der Waals surface area contributed by atoms with Crippen LogP contribution in [0.4, 0.5) is 5.69 Å². The van der Waals surface area contributed by atoms with E-state index in [2.05, 4.69) is 27.2 Å². The van der Waals surface area contributed by atoms with Crippen LogP contribution in [0.25, 0.3) is 0 Å². The van der Waals surface area contributed by atoms with Crippen molar-refractivity contribution in [2.75, 3.05) is 31.1 Å². The Hall–Kier alpha value is -1.26. The van der Waals surface area contributed by atoms with Gasteiger partial charge in [-0.2, -0.15) is 0 Å². The van der Waals surface area contributed by atoms with E-state index in [1.165, 1.54) is 24.9 Å². The Morgan fingerprint density at radius 2 is 1.71 bits per heavy atom. The molecule has 5 heteroatoms. The minimum absolute atomic E-state index is 0.0423. The van der Waals surface area contributed by atoms with Crippen molar-refractivity contribution in [3.63, 3.8) is 0 Å². The van der Waals surface area contributed by atoms with Gasteiger partial charge in [0.1, 0.15) is 0 Å². The highest BCUT2D eigenvalue weighted by atomic mass is 35.5. The third-order valence-corrected chi connectivity index (χ3v) is 5.64. The number of carbonyl (C=O) groups excluding carboxylic acids is 1. The van der Waals surface area contributed by atoms with Crippen LogP contribution in [0.1, 0.15) is 39.0 Å². The van der Waals surface area contributed by atoms with Crippen LogP contribution in [0.15, 0.2) is 24.3 Å². The van der Waals surface area contributed by atoms with Gasteiger partial charge in [0.15, 0.2) is 0 Å². The summed E-state index contributed by atoms with van der Waals surface area (Å²) in [4.78, 5) is 17.2. The zero-order valence-corrected chi connectivity index (χ0v) is 15.3. The molecule has 1 atom stereocenters. The zero-order chi connectivity index (χ0) is 16.9. The van der Waals surface area contributed by atoms with Gasteiger partial charge in [-0.3, -0.25) is 9.69 Å². The lowest BCUT2D eigenvalue weighted by Crippen LogP contribution is -2.55. The Bertz CT molecular complexity index is 534. The van der Waals surface area contributed by atoms with E-state index >= 15 is 0 Å². The molecule has 24 heavy (non-hydrogen) atoms. The number of halogens is 1. The fourth-order valence-corrected chi connectivity index (χ4v) is 3.88. The lowest BCUT2D eigenvalue weighted by atomic mass is 9.95. The second-order valence-corrected chi connectivity index (χ2v) is 7.46. The van der Waals surface area contributed by atoms with E-state index in [9.17, 15) is 4.79 Å². The Morgan fingerprint density at radius 3 is 2.33 bits per heavy atom. The highest BCUT2D eigenvalue weighted by Gasteiger charge is 2.27. The van der Waals surface area contributed by atoms with Crippen LogP contribution in [0, 0.1) is 0 Å². The molecule has 1 N–H and O–H groups in total. The van der Waals surface area contributed by atoms with Crippen molar-refractivity contribution < 1.29 is 4.79 Å². The Morgan fingerprint density at radius 1 is 1.08 bits per heavy atom. The Labute approximate surface area is 150 Å². The molecule has 3 rings (SSSR count). The van der Waals surface area contributed by atoms with Crippen molar-refractivity contribution in [3.05, 3.63) is 29.3 Å². The van der Waals surface area contributed by atoms with Gasteiger partial charge >= 0.3 is 0 Å². The summed E-state index contributed by atoms with van der Waals surface area (Å²) < 4.78 is 0. The molecule has 1 saturated heterocycles. The van der Waals surface area contributed by atoms with Gasteiger partial charge in [-0.25, -0.2) is 0 Å². The van der Waals surface area contributed by atoms with E-state index in [4.69, 9.17) is 11.6 Å². The lowest BCUT2D eigenvalue weighted by Gasteiger charge is -2.39. The average molecular weight is 350 g/mol. The maximum absolute atomic E-state index is 12.5. The largest absolute Gasteiger partial charge is 0.369 e. The molecule has 1 aromatic carbocycles. The summed E-state index contributed by atoms with van der Waals surface area (Å²) in [6.07, 6.45) is 6.10. The molecule has 1 aliphatic carbocycles. The van der Waals surface area contributed by atoms with Gasteiger partial charge < -0.3 is 10.2 Å². The smallest absolute Gasteiger partial charge is 0.237 e. The first-order chi connectivity index (χ1) is 11.6. The summed E-state index contributed by atoms with van der Waals surface area (Å²) in [6, 6.07) is 8.35. The Kier molecular flexibility index (Phi) is 6.01. The molecule has 0 spiro atoms. The number of hydrogen-bond acceptors (Lipinski definition) is 3. The molecule has 0 aromatic heterocycles. The second-order valence-electron chi connectivity index (χ2n) is 7.02. The molecule has 1 aromatic rings. The van der Waals surface area contributed by atoms with Crippen molar-refractivity contribution in [1.29, 1.82) is 0 Å². The molecular weight excluding hydrogens is 322 g/mol. The van der Waals surface area contributed by atoms with Crippen LogP contribution in [0.5, 0.6) is 0 Å². The molecule has 132 valence electrons. The van der Waals surface area contributed by atoms with E-state index in [0.717, 1.165) is 44.0 Å². The molecule has 0 bridgehead atoms. The average Bonchev–Trinajstić information content (AvgIpc) is 2.63. The molecule has 1 saturated carbocycles. The molecule has 1 amide bonds. The highest BCUT2D eigenvalue weighted by Crippen LogP contribution is 2.21. The van der Waals surface area contributed by atoms with Crippen molar-refractivity contribution in [2.24, 2.45) is 0 Å². The first-order valence-electron chi connectivity index (χ1n) is 9.18. The van der Waals surface area contributed by atoms with E-state index < -0.39 is 0 Å². The fraction of sp³-hybridized carbons (Fsp3) is 0.632. The number of nitrogens with one attached hydrogen (secondary N) is 1. The number of amides is 1. The number of rotatable bonds is 4. The summed E-state index contributed by atoms with van der Waals surface area (Å²) in [7, 11) is 0. The normalized spacial score (nSPS) is 21.5. The fourth-order valence-electron chi connectivity index (χ4n) is 3.75. The molecule has 1 heterocycles. The predicted molar refractivity (Wildman–Crippen MR) is 99.7 cm³/mol. The quantitative estimate of drug-likeness (QED) is 0.906. The summed E-state index contributed by atoms with van der Waals surface area (Å²) in [5.74, 6) is 0.196. The molecule has 1 aliphatic heterocycles. The monoisotopic (exact) mass is 349 g/mol. The van der Waals surface area contributed by atoms with Crippen LogP contribution >= 0.6 is 11.6 Å². The third-order valence-electron chi connectivity index (χ3n) is 5.38. The zero-order valence-electron chi connectivity index (χ0n) is 14.5. The molecule has 0 radical (unpaired) electrons. The van der Waals surface area contributed by atoms with Crippen LogP contribution in [-0.2, 0) is 4.79 Å². The minimum atomic E-state index is -0.0423. The number of carbonyl (C=O) groups is 1. The van der Waals surface area contributed by atoms with Crippen molar-refractivity contribution in [3.8, 4) is 0 Å². The van der Waals surface area contributed by atoms with E-state index in [0.29, 0.717) is 6.04 Å². The van der Waals surface area contributed by atoms with Crippen molar-refractivity contribution >= 4 is 23.2 Å². The molecule has 4 nitrogen and oxygen atoms in total. The van der Waals surface area contributed by atoms with Gasteiger partial charge in [-0.05, 0) is 44.0 Å². The highest BCUT2D eigenvalue weighted by molar-refractivity contribution is 6.30. The van der Waals surface area contributed by atoms with Crippen molar-refractivity contribution in [1.82, 2.24) is 10.2 Å². The van der Waals surface area contributed by atoms with Gasteiger partial charge in [0, 0.05) is 42.9 Å². The summed E-state index contributed by atoms with van der Waals surface area (Å²) >= 11 is 5.96. The standard InChI is InChI=1S/C19H28ClN3O/c1-15(19(24)21-17-5-3-2-4-6-17)22-11-13-23(14-12-22)18-9-7-16(20)8-10-18/h7-10,15,17H,2-6,11-14H2,1H3,(H,21,24). The summed E-state index contributed by atoms with van der Waals surface area (Å²) in [5, 5.41) is 4.03. The SMILES string of the molecule is CC(C(=O)NC1CCCCC1)N1CCN(c2ccc(Cl)cc2)CC1. The summed E-state index contributed by atoms with van der Waals surface area (Å²) in [6.45, 7) is 5.77. The van der Waals surface area contributed by atoms with Gasteiger partial charge in [0.25, 0.3) is 0 Å². The van der Waals surface area contributed by atoms with Gasteiger partial charge in [-0.1, -0.05) is 30.9 Å². The van der Waals surface area contributed by atoms with Crippen LogP contribution in [0.3, 0.4) is 0 Å². The maximum Gasteiger partial charge on any atom is 0.237 e. The van der Waals surface area contributed by atoms with Crippen LogP contribution in [0.2, 0.25) is 5.02 Å². The van der Waals surface area contributed by atoms with Gasteiger partial charge in [-0.15, -0.1) is 0 Å². The van der Waals surface area contributed by atoms with Crippen molar-refractivity contribution in [2.45, 2.75) is 51.1 Å². The van der Waals surface area contributed by atoms with E-state index in [-0.39, 0.29) is 11.9 Å². The lowest BCUT2D eigenvalue weighted by molar-refractivity contribution is -0.127. The van der Waals surface area contributed by atoms with E-state index in [1.807, 2.05) is 19.1 Å². The number of anilines is 1. The predicted octanol–water partition coefficient (Wildman–Crippen LogP) is 3.30. The molecule has 1 unspecified atom stereocenters. The topological polar surface area (TPSA) is 35.6 Å². The first kappa shape index (κ1) is 17.6. The summed E-state index contributed by atoms with van der Waals surface area (Å²) in [5.41, 5.74) is 1.21. The maximum atomic E-state index is 12.5. The number of nitrogens with zero attached hydrogens (tertiary/aromatic N) is 2. The third kappa shape index (κ3) is 4.42. The molecular formula is C19H28ClN3O. The van der Waals surface area contributed by atoms with E-state index in [1.54, 1.807) is 0 Å².